The fourth-order valence-electron chi connectivity index (χ4n) is 1.36. The molecule has 0 radical (unpaired) electrons. The van der Waals surface area contributed by atoms with Crippen LogP contribution in [0.25, 0.3) is 9.40 Å². The Kier molecular flexibility index (Phi) is 2.91. The Morgan fingerprint density at radius 2 is 1.50 bits per heavy atom. The molecule has 0 saturated carbocycles. The van der Waals surface area contributed by atoms with Crippen LogP contribution in [-0.2, 0) is 0 Å². The Bertz CT molecular complexity index is 365. The van der Waals surface area contributed by atoms with Crippen molar-refractivity contribution in [2.75, 3.05) is 0 Å². The van der Waals surface area contributed by atoms with Crippen LogP contribution in [0.2, 0.25) is 0 Å². The van der Waals surface area contributed by atoms with Crippen molar-refractivity contribution in [3.05, 3.63) is 21.9 Å². The van der Waals surface area contributed by atoms with Crippen LogP contribution in [0.4, 0.5) is 0 Å². The van der Waals surface area contributed by atoms with Gasteiger partial charge in [-0.05, 0) is 25.0 Å². The number of rotatable bonds is 2. The average Bonchev–Trinajstić information content (AvgIpc) is 2.57. The summed E-state index contributed by atoms with van der Waals surface area (Å²) >= 11 is 8.25. The second-order valence-electron chi connectivity index (χ2n) is 3.86. The number of thiol groups is 1. The summed E-state index contributed by atoms with van der Waals surface area (Å²) in [5.41, 5.74) is 0. The van der Waals surface area contributed by atoms with Gasteiger partial charge < -0.3 is 0 Å². The summed E-state index contributed by atoms with van der Waals surface area (Å²) in [7, 11) is 0. The van der Waals surface area contributed by atoms with E-state index in [4.69, 9.17) is 0 Å². The Morgan fingerprint density at radius 3 is 2.00 bits per heavy atom. The van der Waals surface area contributed by atoms with Crippen LogP contribution >= 0.6 is 35.3 Å². The molecule has 1 unspecified atom stereocenters. The third kappa shape index (κ3) is 1.86. The number of fused-ring (bicyclic) bond motifs is 1. The third-order valence-electron chi connectivity index (χ3n) is 2.23. The van der Waals surface area contributed by atoms with Gasteiger partial charge in [0.05, 0.1) is 0 Å². The first kappa shape index (κ1) is 10.5. The molecule has 0 aromatic carbocycles. The number of hydrogen-bond donors (Lipinski definition) is 1. The minimum Gasteiger partial charge on any atom is -0.171 e. The lowest BCUT2D eigenvalue weighted by atomic mass is 10.2. The van der Waals surface area contributed by atoms with Crippen molar-refractivity contribution in [2.24, 2.45) is 0 Å². The van der Waals surface area contributed by atoms with Crippen molar-refractivity contribution in [3.8, 4) is 0 Å². The fourth-order valence-corrected chi connectivity index (χ4v) is 3.95. The van der Waals surface area contributed by atoms with Crippen LogP contribution in [0.15, 0.2) is 12.1 Å². The molecule has 2 heterocycles. The van der Waals surface area contributed by atoms with Gasteiger partial charge in [0.25, 0.3) is 0 Å². The molecule has 0 aliphatic heterocycles. The lowest BCUT2D eigenvalue weighted by Gasteiger charge is -1.98. The molecule has 0 amide bonds. The lowest BCUT2D eigenvalue weighted by molar-refractivity contribution is 0.891. The van der Waals surface area contributed by atoms with Gasteiger partial charge in [-0.15, -0.1) is 22.7 Å². The summed E-state index contributed by atoms with van der Waals surface area (Å²) in [4.78, 5) is 2.87. The molecular weight excluding hydrogens is 228 g/mol. The van der Waals surface area contributed by atoms with E-state index in [2.05, 4.69) is 45.5 Å². The zero-order valence-electron chi connectivity index (χ0n) is 8.57. The monoisotopic (exact) mass is 242 g/mol. The quantitative estimate of drug-likeness (QED) is 0.698. The molecule has 14 heavy (non-hydrogen) atoms. The Hall–Kier alpha value is 0.01000. The highest BCUT2D eigenvalue weighted by Gasteiger charge is 2.10. The molecule has 76 valence electrons. The number of thiophene rings is 2. The zero-order chi connectivity index (χ0) is 10.3. The molecule has 1 atom stereocenters. The SMILES string of the molecule is CC(C)c1cc2sc(C(C)S)cc2s1. The third-order valence-corrected chi connectivity index (χ3v) is 5.46. The second kappa shape index (κ2) is 3.87. The second-order valence-corrected chi connectivity index (χ2v) is 6.86. The molecule has 0 saturated heterocycles. The Morgan fingerprint density at radius 1 is 1.00 bits per heavy atom. The molecular formula is C11H14S3. The highest BCUT2D eigenvalue weighted by atomic mass is 32.1. The van der Waals surface area contributed by atoms with E-state index in [9.17, 15) is 0 Å². The van der Waals surface area contributed by atoms with E-state index in [0.29, 0.717) is 11.2 Å². The molecule has 2 rings (SSSR count). The van der Waals surface area contributed by atoms with Gasteiger partial charge in [0, 0.05) is 24.4 Å². The highest BCUT2D eigenvalue weighted by molar-refractivity contribution is 7.80. The minimum atomic E-state index is 0.363. The van der Waals surface area contributed by atoms with Gasteiger partial charge >= 0.3 is 0 Å². The standard InChI is InChI=1S/C11H14S3/c1-6(2)8-4-10-11(13-8)5-9(14-10)7(3)12/h4-7,12H,1-3H3. The molecule has 0 spiro atoms. The molecule has 0 fully saturated rings. The van der Waals surface area contributed by atoms with Gasteiger partial charge in [0.1, 0.15) is 0 Å². The maximum atomic E-state index is 4.45. The Balaban J connectivity index is 2.45. The van der Waals surface area contributed by atoms with E-state index < -0.39 is 0 Å². The fraction of sp³-hybridized carbons (Fsp3) is 0.455. The molecule has 0 nitrogen and oxygen atoms in total. The summed E-state index contributed by atoms with van der Waals surface area (Å²) in [6, 6.07) is 4.61. The van der Waals surface area contributed by atoms with Crippen LogP contribution < -0.4 is 0 Å². The van der Waals surface area contributed by atoms with Gasteiger partial charge in [0.15, 0.2) is 0 Å². The number of hydrogen-bond acceptors (Lipinski definition) is 3. The van der Waals surface area contributed by atoms with Crippen LogP contribution in [0.1, 0.15) is 41.7 Å². The average molecular weight is 242 g/mol. The van der Waals surface area contributed by atoms with Crippen LogP contribution in [0.3, 0.4) is 0 Å². The first-order valence-corrected chi connectivity index (χ1v) is 6.94. The predicted molar refractivity (Wildman–Crippen MR) is 71.2 cm³/mol. The van der Waals surface area contributed by atoms with Gasteiger partial charge in [-0.3, -0.25) is 0 Å². The lowest BCUT2D eigenvalue weighted by Crippen LogP contribution is -1.78. The van der Waals surface area contributed by atoms with E-state index in [1.165, 1.54) is 19.2 Å². The van der Waals surface area contributed by atoms with Crippen molar-refractivity contribution in [1.82, 2.24) is 0 Å². The first-order valence-electron chi connectivity index (χ1n) is 4.79. The highest BCUT2D eigenvalue weighted by Crippen LogP contribution is 2.39. The zero-order valence-corrected chi connectivity index (χ0v) is 11.1. The molecule has 0 aliphatic carbocycles. The molecule has 2 aromatic heterocycles. The molecule has 2 aromatic rings. The van der Waals surface area contributed by atoms with Crippen molar-refractivity contribution in [2.45, 2.75) is 31.9 Å². The van der Waals surface area contributed by atoms with Gasteiger partial charge in [-0.1, -0.05) is 13.8 Å². The summed E-state index contributed by atoms with van der Waals surface area (Å²) < 4.78 is 2.85. The van der Waals surface area contributed by atoms with E-state index in [1.807, 2.05) is 22.7 Å². The molecule has 0 N–H and O–H groups in total. The summed E-state index contributed by atoms with van der Waals surface area (Å²) in [5, 5.41) is 0.363. The predicted octanol–water partition coefficient (Wildman–Crippen LogP) is 5.08. The van der Waals surface area contributed by atoms with Gasteiger partial charge in [0.2, 0.25) is 0 Å². The van der Waals surface area contributed by atoms with E-state index in [0.717, 1.165) is 0 Å². The van der Waals surface area contributed by atoms with Gasteiger partial charge in [-0.25, -0.2) is 0 Å². The first-order chi connectivity index (χ1) is 6.58. The maximum absolute atomic E-state index is 4.45. The summed E-state index contributed by atoms with van der Waals surface area (Å²) in [6.07, 6.45) is 0. The van der Waals surface area contributed by atoms with Crippen molar-refractivity contribution >= 4 is 44.7 Å². The van der Waals surface area contributed by atoms with Crippen LogP contribution in [0, 0.1) is 0 Å². The van der Waals surface area contributed by atoms with Crippen molar-refractivity contribution in [1.29, 1.82) is 0 Å². The topological polar surface area (TPSA) is 0 Å². The summed E-state index contributed by atoms with van der Waals surface area (Å²) in [5.74, 6) is 0.650. The molecule has 0 bridgehead atoms. The van der Waals surface area contributed by atoms with Crippen molar-refractivity contribution in [3.63, 3.8) is 0 Å². The normalized spacial score (nSPS) is 14.1. The Labute approximate surface area is 98.4 Å². The molecule has 0 aliphatic rings. The van der Waals surface area contributed by atoms with Crippen LogP contribution in [-0.4, -0.2) is 0 Å². The largest absolute Gasteiger partial charge is 0.171 e. The van der Waals surface area contributed by atoms with Gasteiger partial charge in [-0.2, -0.15) is 12.6 Å². The van der Waals surface area contributed by atoms with E-state index in [1.54, 1.807) is 0 Å². The maximum Gasteiger partial charge on any atom is 0.0456 e. The van der Waals surface area contributed by atoms with E-state index >= 15 is 0 Å². The smallest absolute Gasteiger partial charge is 0.0456 e. The van der Waals surface area contributed by atoms with Crippen LogP contribution in [0.5, 0.6) is 0 Å². The minimum absolute atomic E-state index is 0.363. The summed E-state index contributed by atoms with van der Waals surface area (Å²) in [6.45, 7) is 6.62. The van der Waals surface area contributed by atoms with Crippen molar-refractivity contribution < 1.29 is 0 Å². The van der Waals surface area contributed by atoms with E-state index in [-0.39, 0.29) is 0 Å². The molecule has 3 heteroatoms.